The average molecular weight is 370 g/mol. The molecule has 0 aliphatic carbocycles. The van der Waals surface area contributed by atoms with Gasteiger partial charge < -0.3 is 4.65 Å². The Morgan fingerprint density at radius 3 is 1.00 bits per heavy atom. The molecular weight excluding hydrogens is 334 g/mol. The summed E-state index contributed by atoms with van der Waals surface area (Å²) in [6.07, 6.45) is 0. The maximum atomic E-state index is 4.25. The first-order valence-electron chi connectivity index (χ1n) is 9.31. The van der Waals surface area contributed by atoms with Crippen molar-refractivity contribution in [2.75, 3.05) is 0 Å². The Labute approximate surface area is 157 Å². The first-order valence-corrected chi connectivity index (χ1v) is 15.3. The highest BCUT2D eigenvalue weighted by molar-refractivity contribution is 7.03. The van der Waals surface area contributed by atoms with Crippen molar-refractivity contribution in [3.05, 3.63) is 57.6 Å². The van der Waals surface area contributed by atoms with Crippen LogP contribution in [0.15, 0.2) is 24.3 Å². The Kier molecular flexibility index (Phi) is 5.53. The number of benzene rings is 2. The zero-order chi connectivity index (χ0) is 19.2. The summed E-state index contributed by atoms with van der Waals surface area (Å²) in [5.74, 6) is 0. The van der Waals surface area contributed by atoms with Crippen molar-refractivity contribution in [1.82, 2.24) is 4.65 Å². The lowest BCUT2D eigenvalue weighted by atomic mass is 10.1. The van der Waals surface area contributed by atoms with Gasteiger partial charge in [0.2, 0.25) is 0 Å². The van der Waals surface area contributed by atoms with Gasteiger partial charge in [0.25, 0.3) is 0 Å². The van der Waals surface area contributed by atoms with Crippen molar-refractivity contribution >= 4 is 26.8 Å². The lowest BCUT2D eigenvalue weighted by Crippen LogP contribution is -2.71. The highest BCUT2D eigenvalue weighted by Crippen LogP contribution is 2.17. The third-order valence-corrected chi connectivity index (χ3v) is 14.3. The predicted octanol–water partition coefficient (Wildman–Crippen LogP) is 4.65. The van der Waals surface area contributed by atoms with Crippen molar-refractivity contribution in [1.29, 1.82) is 0 Å². The third kappa shape index (κ3) is 4.16. The Morgan fingerprint density at radius 1 is 0.520 bits per heavy atom. The number of aryl methyl sites for hydroxylation is 6. The minimum atomic E-state index is -1.76. The van der Waals surface area contributed by atoms with Crippen LogP contribution in [-0.2, 0) is 0 Å². The summed E-state index contributed by atoms with van der Waals surface area (Å²) in [6, 6.07) is 9.37. The van der Waals surface area contributed by atoms with Gasteiger partial charge >= 0.3 is 0 Å². The van der Waals surface area contributed by atoms with E-state index < -0.39 is 16.5 Å². The molecule has 1 N–H and O–H groups in total. The molecule has 136 valence electrons. The number of nitrogens with one attached hydrogen (secondary N) is 1. The highest BCUT2D eigenvalue weighted by atomic mass is 28.4. The van der Waals surface area contributed by atoms with E-state index in [0.717, 1.165) is 0 Å². The van der Waals surface area contributed by atoms with E-state index >= 15 is 0 Å². The maximum Gasteiger partial charge on any atom is 0.145 e. The molecule has 0 unspecified atom stereocenters. The fourth-order valence-electron chi connectivity index (χ4n) is 5.24. The van der Waals surface area contributed by atoms with Crippen molar-refractivity contribution in [2.24, 2.45) is 0 Å². The van der Waals surface area contributed by atoms with E-state index in [9.17, 15) is 0 Å². The minimum Gasteiger partial charge on any atom is -0.352 e. The summed E-state index contributed by atoms with van der Waals surface area (Å²) in [5.41, 5.74) is 8.52. The Bertz CT molecular complexity index is 690. The summed E-state index contributed by atoms with van der Waals surface area (Å²) in [7, 11) is -3.51. The molecule has 2 aromatic rings. The molecule has 1 nitrogen and oxygen atoms in total. The van der Waals surface area contributed by atoms with Gasteiger partial charge in [0.15, 0.2) is 0 Å². The highest BCUT2D eigenvalue weighted by Gasteiger charge is 2.37. The van der Waals surface area contributed by atoms with Crippen LogP contribution >= 0.6 is 0 Å². The van der Waals surface area contributed by atoms with E-state index in [0.29, 0.717) is 0 Å². The molecule has 0 aliphatic rings. The Hall–Kier alpha value is -1.17. The summed E-state index contributed by atoms with van der Waals surface area (Å²) in [4.78, 5) is 0. The van der Waals surface area contributed by atoms with Gasteiger partial charge in [-0.1, -0.05) is 61.6 Å². The number of rotatable bonds is 4. The molecule has 2 aromatic carbocycles. The molecule has 2 rings (SSSR count). The van der Waals surface area contributed by atoms with Gasteiger partial charge in [0.05, 0.1) is 0 Å². The number of hydrogen-bond donors (Lipinski definition) is 1. The molecule has 0 bridgehead atoms. The molecule has 0 amide bonds. The second kappa shape index (κ2) is 6.86. The van der Waals surface area contributed by atoms with Gasteiger partial charge in [-0.05, 0) is 74.2 Å². The smallest absolute Gasteiger partial charge is 0.145 e. The lowest BCUT2D eigenvalue weighted by molar-refractivity contribution is 1.27. The zero-order valence-electron chi connectivity index (χ0n) is 17.8. The van der Waals surface area contributed by atoms with E-state index in [1.165, 1.54) is 33.4 Å². The van der Waals surface area contributed by atoms with E-state index in [-0.39, 0.29) is 0 Å². The first-order chi connectivity index (χ1) is 11.3. The quantitative estimate of drug-likeness (QED) is 0.773. The fourth-order valence-corrected chi connectivity index (χ4v) is 16.7. The molecule has 0 heterocycles. The van der Waals surface area contributed by atoms with E-state index in [1.54, 1.807) is 10.4 Å². The number of hydrogen-bond acceptors (Lipinski definition) is 1. The lowest BCUT2D eigenvalue weighted by Gasteiger charge is -2.38. The van der Waals surface area contributed by atoms with Crippen LogP contribution < -0.4 is 15.0 Å². The summed E-state index contributed by atoms with van der Waals surface area (Å²) in [5, 5.41) is 3.17. The summed E-state index contributed by atoms with van der Waals surface area (Å²) in [6.45, 7) is 23.4. The molecule has 0 saturated carbocycles. The maximum absolute atomic E-state index is 4.25. The normalized spacial score (nSPS) is 12.6. The van der Waals surface area contributed by atoms with Gasteiger partial charge in [0.1, 0.15) is 16.5 Å². The van der Waals surface area contributed by atoms with Crippen LogP contribution in [0.4, 0.5) is 0 Å². The van der Waals surface area contributed by atoms with Crippen molar-refractivity contribution in [3.63, 3.8) is 0 Å². The zero-order valence-corrected chi connectivity index (χ0v) is 19.8. The second-order valence-electron chi connectivity index (χ2n) is 8.92. The molecule has 3 heteroatoms. The molecule has 0 aromatic heterocycles. The molecular formula is C22H35NSi2. The van der Waals surface area contributed by atoms with Gasteiger partial charge in [0, 0.05) is 0 Å². The minimum absolute atomic E-state index is 1.37. The second-order valence-corrected chi connectivity index (χ2v) is 17.4. The largest absolute Gasteiger partial charge is 0.352 e. The van der Waals surface area contributed by atoms with E-state index in [2.05, 4.69) is 96.6 Å². The van der Waals surface area contributed by atoms with E-state index in [1.807, 2.05) is 0 Å². The monoisotopic (exact) mass is 369 g/mol. The van der Waals surface area contributed by atoms with Crippen molar-refractivity contribution < 1.29 is 0 Å². The van der Waals surface area contributed by atoms with Crippen LogP contribution in [0.1, 0.15) is 33.4 Å². The molecule has 0 aliphatic heterocycles. The van der Waals surface area contributed by atoms with Gasteiger partial charge in [-0.2, -0.15) is 0 Å². The molecule has 25 heavy (non-hydrogen) atoms. The predicted molar refractivity (Wildman–Crippen MR) is 119 cm³/mol. The van der Waals surface area contributed by atoms with Gasteiger partial charge in [-0.25, -0.2) is 0 Å². The summed E-state index contributed by atoms with van der Waals surface area (Å²) < 4.78 is 4.25. The average Bonchev–Trinajstić information content (AvgIpc) is 2.32. The fraction of sp³-hybridized carbons (Fsp3) is 0.455. The van der Waals surface area contributed by atoms with Crippen molar-refractivity contribution in [3.8, 4) is 0 Å². The van der Waals surface area contributed by atoms with Crippen LogP contribution in [0.2, 0.25) is 26.2 Å². The topological polar surface area (TPSA) is 12.0 Å². The van der Waals surface area contributed by atoms with Crippen molar-refractivity contribution in [2.45, 2.75) is 67.7 Å². The van der Waals surface area contributed by atoms with E-state index in [4.69, 9.17) is 0 Å². The standard InChI is InChI=1S/C22H35NSi2/c1-15-11-17(3)21(18(4)12-15)24(7,8)23-25(9,10)22-19(5)13-16(2)14-20(22)6/h11-14,23H,1-10H3. The van der Waals surface area contributed by atoms with Crippen LogP contribution in [0.5, 0.6) is 0 Å². The molecule has 0 saturated heterocycles. The Morgan fingerprint density at radius 2 is 0.760 bits per heavy atom. The van der Waals surface area contributed by atoms with Crippen LogP contribution in [0, 0.1) is 41.5 Å². The summed E-state index contributed by atoms with van der Waals surface area (Å²) >= 11 is 0. The van der Waals surface area contributed by atoms with Crippen LogP contribution in [0.25, 0.3) is 0 Å². The first kappa shape index (κ1) is 20.1. The molecule has 0 spiro atoms. The third-order valence-electron chi connectivity index (χ3n) is 5.23. The molecule has 0 radical (unpaired) electrons. The SMILES string of the molecule is Cc1cc(C)c([Si](C)(C)N[Si](C)(C)c2c(C)cc(C)cc2C)c(C)c1. The Balaban J connectivity index is 2.50. The van der Waals surface area contributed by atoms with Gasteiger partial charge in [-0.3, -0.25) is 0 Å². The van der Waals surface area contributed by atoms with Crippen LogP contribution in [-0.4, -0.2) is 16.5 Å². The van der Waals surface area contributed by atoms with Crippen LogP contribution in [0.3, 0.4) is 0 Å². The molecule has 0 atom stereocenters. The van der Waals surface area contributed by atoms with Gasteiger partial charge in [-0.15, -0.1) is 0 Å². The molecule has 0 fully saturated rings.